The number of phenolic OH excluding ortho intramolecular Hbond substituents is 1. The first-order valence-corrected chi connectivity index (χ1v) is 7.92. The van der Waals surface area contributed by atoms with Gasteiger partial charge in [-0.05, 0) is 35.9 Å². The van der Waals surface area contributed by atoms with Gasteiger partial charge in [-0.15, -0.1) is 0 Å². The van der Waals surface area contributed by atoms with Crippen LogP contribution < -0.4 is 5.73 Å². The van der Waals surface area contributed by atoms with Crippen molar-refractivity contribution in [1.82, 2.24) is 4.31 Å². The molecule has 21 heavy (non-hydrogen) atoms. The van der Waals surface area contributed by atoms with E-state index in [0.29, 0.717) is 10.6 Å². The Kier molecular flexibility index (Phi) is 4.41. The van der Waals surface area contributed by atoms with Crippen LogP contribution >= 0.6 is 11.6 Å². The molecule has 0 radical (unpaired) electrons. The molecule has 112 valence electrons. The van der Waals surface area contributed by atoms with Crippen LogP contribution in [0.2, 0.25) is 5.02 Å². The molecular weight excluding hydrogens is 312 g/mol. The molecule has 0 aliphatic rings. The SMILES string of the molecule is CN(Cc1cccc(O)c1)S(=O)(=O)c1ccc(Cl)cc1N. The fourth-order valence-electron chi connectivity index (χ4n) is 1.92. The Morgan fingerprint density at radius 1 is 1.24 bits per heavy atom. The summed E-state index contributed by atoms with van der Waals surface area (Å²) in [7, 11) is -2.28. The van der Waals surface area contributed by atoms with Crippen molar-refractivity contribution in [3.05, 3.63) is 53.1 Å². The van der Waals surface area contributed by atoms with E-state index in [0.717, 1.165) is 0 Å². The lowest BCUT2D eigenvalue weighted by Gasteiger charge is -2.18. The number of rotatable bonds is 4. The Morgan fingerprint density at radius 3 is 2.57 bits per heavy atom. The van der Waals surface area contributed by atoms with Crippen molar-refractivity contribution >= 4 is 27.3 Å². The second-order valence-corrected chi connectivity index (χ2v) is 7.06. The largest absolute Gasteiger partial charge is 0.508 e. The maximum Gasteiger partial charge on any atom is 0.245 e. The number of nitrogens with two attached hydrogens (primary N) is 1. The molecule has 0 heterocycles. The van der Waals surface area contributed by atoms with Gasteiger partial charge in [0, 0.05) is 18.6 Å². The second-order valence-electron chi connectivity index (χ2n) is 4.61. The van der Waals surface area contributed by atoms with Gasteiger partial charge in [0.1, 0.15) is 10.6 Å². The summed E-state index contributed by atoms with van der Waals surface area (Å²) in [6.07, 6.45) is 0. The monoisotopic (exact) mass is 326 g/mol. The van der Waals surface area contributed by atoms with Crippen molar-refractivity contribution in [3.63, 3.8) is 0 Å². The van der Waals surface area contributed by atoms with Gasteiger partial charge in [0.2, 0.25) is 10.0 Å². The zero-order valence-corrected chi connectivity index (χ0v) is 12.9. The molecular formula is C14H15ClN2O3S. The fourth-order valence-corrected chi connectivity index (χ4v) is 3.35. The maximum atomic E-state index is 12.5. The molecule has 2 rings (SSSR count). The Morgan fingerprint density at radius 2 is 1.95 bits per heavy atom. The highest BCUT2D eigenvalue weighted by molar-refractivity contribution is 7.89. The van der Waals surface area contributed by atoms with Crippen molar-refractivity contribution in [3.8, 4) is 5.75 Å². The Labute approximate surface area is 128 Å². The number of phenols is 1. The van der Waals surface area contributed by atoms with Crippen LogP contribution in [0.1, 0.15) is 5.56 Å². The van der Waals surface area contributed by atoms with Crippen molar-refractivity contribution in [2.24, 2.45) is 0 Å². The number of aromatic hydroxyl groups is 1. The van der Waals surface area contributed by atoms with Gasteiger partial charge in [0.25, 0.3) is 0 Å². The average molecular weight is 327 g/mol. The number of nitrogen functional groups attached to an aromatic ring is 1. The topological polar surface area (TPSA) is 83.6 Å². The van der Waals surface area contributed by atoms with Gasteiger partial charge in [-0.1, -0.05) is 23.7 Å². The number of halogens is 1. The van der Waals surface area contributed by atoms with E-state index >= 15 is 0 Å². The van der Waals surface area contributed by atoms with E-state index in [-0.39, 0.29) is 22.9 Å². The number of hydrogen-bond acceptors (Lipinski definition) is 4. The van der Waals surface area contributed by atoms with Crippen LogP contribution in [-0.4, -0.2) is 24.9 Å². The molecule has 5 nitrogen and oxygen atoms in total. The summed E-state index contributed by atoms with van der Waals surface area (Å²) in [5.74, 6) is 0.0873. The van der Waals surface area contributed by atoms with E-state index in [1.807, 2.05) is 0 Å². The molecule has 0 bridgehead atoms. The van der Waals surface area contributed by atoms with Gasteiger partial charge >= 0.3 is 0 Å². The zero-order valence-electron chi connectivity index (χ0n) is 11.3. The van der Waals surface area contributed by atoms with Gasteiger partial charge in [-0.3, -0.25) is 0 Å². The van der Waals surface area contributed by atoms with E-state index in [9.17, 15) is 13.5 Å². The van der Waals surface area contributed by atoms with Crippen LogP contribution in [0, 0.1) is 0 Å². The predicted octanol–water partition coefficient (Wildman–Crippen LogP) is 2.45. The molecule has 0 aromatic heterocycles. The molecule has 0 aliphatic carbocycles. The fraction of sp³-hybridized carbons (Fsp3) is 0.143. The molecule has 0 amide bonds. The first-order chi connectivity index (χ1) is 9.80. The first-order valence-electron chi connectivity index (χ1n) is 6.10. The number of nitrogens with zero attached hydrogens (tertiary/aromatic N) is 1. The minimum atomic E-state index is -3.73. The van der Waals surface area contributed by atoms with Crippen LogP contribution in [0.3, 0.4) is 0 Å². The number of hydrogen-bond donors (Lipinski definition) is 2. The lowest BCUT2D eigenvalue weighted by Crippen LogP contribution is -2.27. The van der Waals surface area contributed by atoms with Crippen molar-refractivity contribution < 1.29 is 13.5 Å². The van der Waals surface area contributed by atoms with Crippen molar-refractivity contribution in [2.45, 2.75) is 11.4 Å². The molecule has 0 saturated heterocycles. The Hall–Kier alpha value is -1.76. The standard InChI is InChI=1S/C14H15ClN2O3S/c1-17(9-10-3-2-4-12(18)7-10)21(19,20)14-6-5-11(15)8-13(14)16/h2-8,18H,9,16H2,1H3. The predicted molar refractivity (Wildman–Crippen MR) is 82.6 cm³/mol. The molecule has 0 spiro atoms. The third kappa shape index (κ3) is 3.47. The molecule has 7 heteroatoms. The third-order valence-electron chi connectivity index (χ3n) is 2.98. The van der Waals surface area contributed by atoms with Crippen molar-refractivity contribution in [1.29, 1.82) is 0 Å². The quantitative estimate of drug-likeness (QED) is 0.845. The van der Waals surface area contributed by atoms with Crippen LogP contribution in [0.25, 0.3) is 0 Å². The molecule has 0 fully saturated rings. The molecule has 0 atom stereocenters. The van der Waals surface area contributed by atoms with Gasteiger partial charge < -0.3 is 10.8 Å². The average Bonchev–Trinajstić information content (AvgIpc) is 2.38. The van der Waals surface area contributed by atoms with Crippen LogP contribution in [-0.2, 0) is 16.6 Å². The van der Waals surface area contributed by atoms with E-state index < -0.39 is 10.0 Å². The van der Waals surface area contributed by atoms with Crippen LogP contribution in [0.5, 0.6) is 5.75 Å². The highest BCUT2D eigenvalue weighted by Crippen LogP contribution is 2.26. The summed E-state index contributed by atoms with van der Waals surface area (Å²) >= 11 is 5.78. The number of benzene rings is 2. The van der Waals surface area contributed by atoms with E-state index in [1.54, 1.807) is 12.1 Å². The highest BCUT2D eigenvalue weighted by atomic mass is 35.5. The smallest absolute Gasteiger partial charge is 0.245 e. The minimum absolute atomic E-state index is 0.00885. The summed E-state index contributed by atoms with van der Waals surface area (Å²) < 4.78 is 26.2. The van der Waals surface area contributed by atoms with E-state index in [2.05, 4.69) is 0 Å². The summed E-state index contributed by atoms with van der Waals surface area (Å²) in [5, 5.41) is 9.79. The lowest BCUT2D eigenvalue weighted by atomic mass is 10.2. The first kappa shape index (κ1) is 15.6. The van der Waals surface area contributed by atoms with Gasteiger partial charge in [0.05, 0.1) is 5.69 Å². The minimum Gasteiger partial charge on any atom is -0.508 e. The summed E-state index contributed by atoms with van der Waals surface area (Å²) in [6, 6.07) is 10.7. The lowest BCUT2D eigenvalue weighted by molar-refractivity contribution is 0.458. The summed E-state index contributed by atoms with van der Waals surface area (Å²) in [5.41, 5.74) is 6.51. The molecule has 3 N–H and O–H groups in total. The summed E-state index contributed by atoms with van der Waals surface area (Å²) in [4.78, 5) is 0.00885. The van der Waals surface area contributed by atoms with Crippen LogP contribution in [0.4, 0.5) is 5.69 Å². The molecule has 0 aliphatic heterocycles. The molecule has 2 aromatic rings. The number of sulfonamides is 1. The number of anilines is 1. The highest BCUT2D eigenvalue weighted by Gasteiger charge is 2.23. The maximum absolute atomic E-state index is 12.5. The zero-order chi connectivity index (χ0) is 15.6. The van der Waals surface area contributed by atoms with Crippen molar-refractivity contribution in [2.75, 3.05) is 12.8 Å². The molecule has 0 saturated carbocycles. The third-order valence-corrected chi connectivity index (χ3v) is 5.09. The van der Waals surface area contributed by atoms with E-state index in [1.165, 1.54) is 41.7 Å². The van der Waals surface area contributed by atoms with E-state index in [4.69, 9.17) is 17.3 Å². The van der Waals surface area contributed by atoms with Crippen LogP contribution in [0.15, 0.2) is 47.4 Å². The Balaban J connectivity index is 2.30. The normalized spacial score (nSPS) is 11.8. The summed E-state index contributed by atoms with van der Waals surface area (Å²) in [6.45, 7) is 0.124. The molecule has 2 aromatic carbocycles. The Bertz CT molecular complexity index is 763. The van der Waals surface area contributed by atoms with Gasteiger partial charge in [0.15, 0.2) is 0 Å². The van der Waals surface area contributed by atoms with Gasteiger partial charge in [-0.25, -0.2) is 8.42 Å². The molecule has 0 unspecified atom stereocenters. The van der Waals surface area contributed by atoms with Gasteiger partial charge in [-0.2, -0.15) is 4.31 Å². The second kappa shape index (κ2) is 5.93.